The molecule has 0 spiro atoms. The van der Waals surface area contributed by atoms with Gasteiger partial charge in [0.05, 0.1) is 22.5 Å². The molecule has 2 N–H and O–H groups in total. The van der Waals surface area contributed by atoms with Crippen LogP contribution in [-0.2, 0) is 6.54 Å². The van der Waals surface area contributed by atoms with Gasteiger partial charge in [-0.25, -0.2) is 0 Å². The van der Waals surface area contributed by atoms with Crippen LogP contribution in [0, 0.1) is 16.7 Å². The Bertz CT molecular complexity index is 352. The molecule has 0 bridgehead atoms. The van der Waals surface area contributed by atoms with Crippen molar-refractivity contribution in [2.75, 3.05) is 5.73 Å². The first-order valence-corrected chi connectivity index (χ1v) is 4.84. The van der Waals surface area contributed by atoms with Crippen molar-refractivity contribution in [1.82, 2.24) is 9.78 Å². The van der Waals surface area contributed by atoms with E-state index < -0.39 is 0 Å². The van der Waals surface area contributed by atoms with Gasteiger partial charge < -0.3 is 5.73 Å². The number of halogens is 1. The van der Waals surface area contributed by atoms with Crippen molar-refractivity contribution in [3.05, 3.63) is 10.7 Å². The minimum Gasteiger partial charge on any atom is -0.381 e. The minimum atomic E-state index is -0.169. The molecule has 1 aliphatic rings. The molecule has 1 fully saturated rings. The van der Waals surface area contributed by atoms with Crippen LogP contribution in [0.2, 0.25) is 0 Å². The highest BCUT2D eigenvalue weighted by atomic mass is 79.9. The van der Waals surface area contributed by atoms with Gasteiger partial charge in [-0.15, -0.1) is 0 Å². The summed E-state index contributed by atoms with van der Waals surface area (Å²) >= 11 is 3.27. The quantitative estimate of drug-likeness (QED) is 0.853. The summed E-state index contributed by atoms with van der Waals surface area (Å²) in [6.45, 7) is 0.652. The minimum absolute atomic E-state index is 0.169. The first kappa shape index (κ1) is 8.57. The standard InChI is InChI=1S/C8H9BrN4/c9-6-3-13(12-7(6)11)5-8(4-10)1-2-8/h3H,1-2,5H2,(H2,11,12). The second kappa shape index (κ2) is 2.74. The molecule has 5 heteroatoms. The fourth-order valence-electron chi connectivity index (χ4n) is 1.26. The average molecular weight is 241 g/mol. The van der Waals surface area contributed by atoms with Crippen LogP contribution in [0.25, 0.3) is 0 Å². The maximum atomic E-state index is 8.86. The Labute approximate surface area is 84.5 Å². The van der Waals surface area contributed by atoms with E-state index in [0.29, 0.717) is 12.4 Å². The molecule has 0 unspecified atom stereocenters. The SMILES string of the molecule is N#CC1(Cn2cc(Br)c(N)n2)CC1. The summed E-state index contributed by atoms with van der Waals surface area (Å²) in [5.74, 6) is 0.480. The lowest BCUT2D eigenvalue weighted by atomic mass is 10.1. The van der Waals surface area contributed by atoms with E-state index >= 15 is 0 Å². The molecule has 1 saturated carbocycles. The first-order chi connectivity index (χ1) is 6.15. The summed E-state index contributed by atoms with van der Waals surface area (Å²) in [5.41, 5.74) is 5.39. The molecule has 1 aliphatic carbocycles. The predicted molar refractivity (Wildman–Crippen MR) is 51.6 cm³/mol. The third-order valence-electron chi connectivity index (χ3n) is 2.30. The van der Waals surface area contributed by atoms with Crippen molar-refractivity contribution in [3.8, 4) is 6.07 Å². The van der Waals surface area contributed by atoms with Crippen molar-refractivity contribution in [2.45, 2.75) is 19.4 Å². The van der Waals surface area contributed by atoms with Crippen LogP contribution < -0.4 is 5.73 Å². The van der Waals surface area contributed by atoms with Crippen LogP contribution in [0.15, 0.2) is 10.7 Å². The highest BCUT2D eigenvalue weighted by Gasteiger charge is 2.43. The molecule has 0 radical (unpaired) electrons. The third kappa shape index (κ3) is 1.54. The van der Waals surface area contributed by atoms with Crippen molar-refractivity contribution in [1.29, 1.82) is 5.26 Å². The Hall–Kier alpha value is -1.02. The van der Waals surface area contributed by atoms with E-state index in [2.05, 4.69) is 27.1 Å². The Kier molecular flexibility index (Phi) is 1.81. The molecule has 0 amide bonds. The van der Waals surface area contributed by atoms with E-state index in [1.54, 1.807) is 4.68 Å². The zero-order valence-electron chi connectivity index (χ0n) is 7.00. The summed E-state index contributed by atoms with van der Waals surface area (Å²) in [4.78, 5) is 0. The normalized spacial score (nSPS) is 18.2. The molecule has 2 rings (SSSR count). The summed E-state index contributed by atoms with van der Waals surface area (Å²) in [7, 11) is 0. The number of nitriles is 1. The molecule has 4 nitrogen and oxygen atoms in total. The van der Waals surface area contributed by atoms with Gasteiger partial charge in [-0.1, -0.05) is 0 Å². The van der Waals surface area contributed by atoms with Crippen LogP contribution in [0.3, 0.4) is 0 Å². The number of hydrogen-bond donors (Lipinski definition) is 1. The Balaban J connectivity index is 2.15. The lowest BCUT2D eigenvalue weighted by molar-refractivity contribution is 0.487. The van der Waals surface area contributed by atoms with E-state index in [-0.39, 0.29) is 5.41 Å². The molecule has 1 heterocycles. The highest BCUT2D eigenvalue weighted by Crippen LogP contribution is 2.46. The molecule has 0 aliphatic heterocycles. The lowest BCUT2D eigenvalue weighted by Gasteiger charge is -2.03. The molecular formula is C8H9BrN4. The maximum Gasteiger partial charge on any atom is 0.159 e. The molecule has 0 atom stereocenters. The zero-order chi connectivity index (χ0) is 9.47. The summed E-state index contributed by atoms with van der Waals surface area (Å²) < 4.78 is 2.52. The molecule has 13 heavy (non-hydrogen) atoms. The third-order valence-corrected chi connectivity index (χ3v) is 2.91. The molecule has 68 valence electrons. The van der Waals surface area contributed by atoms with Crippen LogP contribution in [-0.4, -0.2) is 9.78 Å². The van der Waals surface area contributed by atoms with Crippen molar-refractivity contribution < 1.29 is 0 Å². The molecule has 0 saturated heterocycles. The van der Waals surface area contributed by atoms with Crippen molar-refractivity contribution >= 4 is 21.7 Å². The summed E-state index contributed by atoms with van der Waals surface area (Å²) in [6, 6.07) is 2.31. The Morgan fingerprint density at radius 3 is 2.85 bits per heavy atom. The van der Waals surface area contributed by atoms with Gasteiger partial charge in [0.2, 0.25) is 0 Å². The second-order valence-corrected chi connectivity index (χ2v) is 4.31. The molecule has 0 aromatic carbocycles. The number of hydrogen-bond acceptors (Lipinski definition) is 3. The fraction of sp³-hybridized carbons (Fsp3) is 0.500. The van der Waals surface area contributed by atoms with Gasteiger partial charge in [0, 0.05) is 6.20 Å². The van der Waals surface area contributed by atoms with E-state index in [1.807, 2.05) is 6.20 Å². The average Bonchev–Trinajstić information content (AvgIpc) is 2.78. The van der Waals surface area contributed by atoms with Crippen LogP contribution >= 0.6 is 15.9 Å². The van der Waals surface area contributed by atoms with Gasteiger partial charge in [0.1, 0.15) is 0 Å². The van der Waals surface area contributed by atoms with Gasteiger partial charge in [-0.05, 0) is 28.8 Å². The first-order valence-electron chi connectivity index (χ1n) is 4.05. The lowest BCUT2D eigenvalue weighted by Crippen LogP contribution is -2.10. The van der Waals surface area contributed by atoms with Gasteiger partial charge >= 0.3 is 0 Å². The van der Waals surface area contributed by atoms with Crippen LogP contribution in [0.1, 0.15) is 12.8 Å². The number of anilines is 1. The van der Waals surface area contributed by atoms with Crippen molar-refractivity contribution in [3.63, 3.8) is 0 Å². The zero-order valence-corrected chi connectivity index (χ0v) is 8.58. The van der Waals surface area contributed by atoms with Gasteiger partial charge in [0.15, 0.2) is 5.82 Å². The van der Waals surface area contributed by atoms with Crippen LogP contribution in [0.5, 0.6) is 0 Å². The van der Waals surface area contributed by atoms with E-state index in [1.165, 1.54) is 0 Å². The number of nitrogens with zero attached hydrogens (tertiary/aromatic N) is 3. The van der Waals surface area contributed by atoms with E-state index in [0.717, 1.165) is 17.3 Å². The Morgan fingerprint density at radius 2 is 2.46 bits per heavy atom. The van der Waals surface area contributed by atoms with Gasteiger partial charge in [-0.3, -0.25) is 4.68 Å². The second-order valence-electron chi connectivity index (χ2n) is 3.45. The number of rotatable bonds is 2. The van der Waals surface area contributed by atoms with Gasteiger partial charge in [-0.2, -0.15) is 10.4 Å². The summed E-state index contributed by atoms with van der Waals surface area (Å²) in [5, 5.41) is 12.9. The molecule has 1 aromatic rings. The molecule has 1 aromatic heterocycles. The number of nitrogens with two attached hydrogens (primary N) is 1. The highest BCUT2D eigenvalue weighted by molar-refractivity contribution is 9.10. The molecular weight excluding hydrogens is 232 g/mol. The monoisotopic (exact) mass is 240 g/mol. The summed E-state index contributed by atoms with van der Waals surface area (Å²) in [6.07, 6.45) is 3.76. The van der Waals surface area contributed by atoms with Crippen LogP contribution in [0.4, 0.5) is 5.82 Å². The topological polar surface area (TPSA) is 67.6 Å². The Morgan fingerprint density at radius 1 is 1.77 bits per heavy atom. The number of nitrogen functional groups attached to an aromatic ring is 1. The predicted octanol–water partition coefficient (Wildman–Crippen LogP) is 1.53. The largest absolute Gasteiger partial charge is 0.381 e. The fourth-order valence-corrected chi connectivity index (χ4v) is 1.57. The van der Waals surface area contributed by atoms with Gasteiger partial charge in [0.25, 0.3) is 0 Å². The van der Waals surface area contributed by atoms with E-state index in [4.69, 9.17) is 11.0 Å². The smallest absolute Gasteiger partial charge is 0.159 e. The number of aromatic nitrogens is 2. The van der Waals surface area contributed by atoms with E-state index in [9.17, 15) is 0 Å². The maximum absolute atomic E-state index is 8.86. The van der Waals surface area contributed by atoms with Crippen molar-refractivity contribution in [2.24, 2.45) is 5.41 Å².